The second-order valence-electron chi connectivity index (χ2n) is 3.75. The van der Waals surface area contributed by atoms with Crippen LogP contribution in [0.3, 0.4) is 0 Å². The van der Waals surface area contributed by atoms with Crippen molar-refractivity contribution in [3.05, 3.63) is 11.8 Å². The highest BCUT2D eigenvalue weighted by atomic mass is 16.2. The van der Waals surface area contributed by atoms with E-state index in [1.807, 2.05) is 6.92 Å². The van der Waals surface area contributed by atoms with Crippen molar-refractivity contribution in [2.24, 2.45) is 17.8 Å². The summed E-state index contributed by atoms with van der Waals surface area (Å²) in [6.07, 6.45) is 4.31. The molecule has 2 heteroatoms. The second kappa shape index (κ2) is 3.74. The summed E-state index contributed by atoms with van der Waals surface area (Å²) in [5, 5.41) is 8.82. The maximum atomic E-state index is 10.7. The van der Waals surface area contributed by atoms with E-state index in [0.29, 0.717) is 5.92 Å². The lowest BCUT2D eigenvalue weighted by Gasteiger charge is -2.16. The molecule has 0 aromatic heterocycles. The molecule has 1 N–H and O–H groups in total. The molecule has 2 nitrogen and oxygen atoms in total. The summed E-state index contributed by atoms with van der Waals surface area (Å²) in [5.74, 6) is 0.873. The van der Waals surface area contributed by atoms with Crippen LogP contribution < -0.4 is 0 Å². The molecule has 0 spiro atoms. The Hall–Kier alpha value is -0.790. The fourth-order valence-electron chi connectivity index (χ4n) is 2.08. The Morgan fingerprint density at radius 2 is 2.17 bits per heavy atom. The number of aldehydes is 1. The molecular weight excluding hydrogens is 152 g/mol. The minimum atomic E-state index is 0.119. The van der Waals surface area contributed by atoms with Crippen LogP contribution in [0.2, 0.25) is 0 Å². The molecule has 0 heterocycles. The molecule has 1 rings (SSSR count). The molecule has 0 aromatic carbocycles. The molecule has 1 saturated carbocycles. The molecule has 0 unspecified atom stereocenters. The normalized spacial score (nSPS) is 36.8. The van der Waals surface area contributed by atoms with Gasteiger partial charge in [0.15, 0.2) is 0 Å². The third-order valence-electron chi connectivity index (χ3n) is 3.00. The predicted molar refractivity (Wildman–Crippen MR) is 47.8 cm³/mol. The zero-order valence-electron chi connectivity index (χ0n) is 7.66. The van der Waals surface area contributed by atoms with Crippen molar-refractivity contribution >= 4 is 6.29 Å². The van der Waals surface area contributed by atoms with Gasteiger partial charge >= 0.3 is 0 Å². The quantitative estimate of drug-likeness (QED) is 0.507. The average Bonchev–Trinajstić information content (AvgIpc) is 2.45. The lowest BCUT2D eigenvalue weighted by Crippen LogP contribution is -2.15. The summed E-state index contributed by atoms with van der Waals surface area (Å²) in [5.41, 5.74) is 0.941. The Kier molecular flexibility index (Phi) is 2.90. The van der Waals surface area contributed by atoms with Crippen LogP contribution in [0.25, 0.3) is 0 Å². The van der Waals surface area contributed by atoms with E-state index in [1.165, 1.54) is 0 Å². The Morgan fingerprint density at radius 1 is 1.50 bits per heavy atom. The van der Waals surface area contributed by atoms with Gasteiger partial charge in [-0.25, -0.2) is 0 Å². The number of aliphatic hydroxyl groups is 1. The number of hydrogen-bond donors (Lipinski definition) is 1. The fraction of sp³-hybridized carbons (Fsp3) is 0.700. The highest BCUT2D eigenvalue weighted by Crippen LogP contribution is 2.39. The molecular formula is C10H16O2. The average molecular weight is 168 g/mol. The van der Waals surface area contributed by atoms with Crippen LogP contribution in [-0.2, 0) is 4.79 Å². The van der Waals surface area contributed by atoms with E-state index in [9.17, 15) is 4.79 Å². The molecule has 1 fully saturated rings. The monoisotopic (exact) mass is 168 g/mol. The highest BCUT2D eigenvalue weighted by Gasteiger charge is 2.33. The SMILES string of the molecule is C/C(=C/O)[C@H]1CC[C@H](C)[C@H]1C=O. The van der Waals surface area contributed by atoms with Crippen molar-refractivity contribution in [1.82, 2.24) is 0 Å². The number of carbonyl (C=O) groups excluding carboxylic acids is 1. The van der Waals surface area contributed by atoms with Gasteiger partial charge in [0.05, 0.1) is 6.26 Å². The summed E-state index contributed by atoms with van der Waals surface area (Å²) in [6.45, 7) is 3.99. The first-order chi connectivity index (χ1) is 5.70. The lowest BCUT2D eigenvalue weighted by atomic mass is 9.87. The van der Waals surface area contributed by atoms with Crippen molar-refractivity contribution < 1.29 is 9.90 Å². The second-order valence-corrected chi connectivity index (χ2v) is 3.75. The summed E-state index contributed by atoms with van der Waals surface area (Å²) in [6, 6.07) is 0. The molecule has 0 radical (unpaired) electrons. The molecule has 0 bridgehead atoms. The Bertz CT molecular complexity index is 196. The number of hydrogen-bond acceptors (Lipinski definition) is 2. The Balaban J connectivity index is 2.73. The maximum absolute atomic E-state index is 10.7. The van der Waals surface area contributed by atoms with Crippen molar-refractivity contribution in [1.29, 1.82) is 0 Å². The van der Waals surface area contributed by atoms with Gasteiger partial charge in [-0.3, -0.25) is 0 Å². The molecule has 1 aliphatic carbocycles. The summed E-state index contributed by atoms with van der Waals surface area (Å²) < 4.78 is 0. The molecule has 0 amide bonds. The van der Waals surface area contributed by atoms with Gasteiger partial charge < -0.3 is 9.90 Å². The Labute approximate surface area is 73.3 Å². The fourth-order valence-corrected chi connectivity index (χ4v) is 2.08. The Morgan fingerprint density at radius 3 is 2.67 bits per heavy atom. The standard InChI is InChI=1S/C10H16O2/c1-7-3-4-9(8(2)5-11)10(7)6-12/h5-7,9-11H,3-4H2,1-2H3/b8-5-/t7-,9+,10+/m0/s1. The maximum Gasteiger partial charge on any atom is 0.123 e. The summed E-state index contributed by atoms with van der Waals surface area (Å²) in [4.78, 5) is 10.7. The summed E-state index contributed by atoms with van der Waals surface area (Å²) in [7, 11) is 0. The predicted octanol–water partition coefficient (Wildman–Crippen LogP) is 2.31. The largest absolute Gasteiger partial charge is 0.516 e. The molecule has 12 heavy (non-hydrogen) atoms. The van der Waals surface area contributed by atoms with Crippen molar-refractivity contribution in [3.63, 3.8) is 0 Å². The van der Waals surface area contributed by atoms with Gasteiger partial charge in [-0.05, 0) is 37.2 Å². The summed E-state index contributed by atoms with van der Waals surface area (Å²) >= 11 is 0. The topological polar surface area (TPSA) is 37.3 Å². The van der Waals surface area contributed by atoms with Crippen molar-refractivity contribution in [2.45, 2.75) is 26.7 Å². The van der Waals surface area contributed by atoms with Crippen LogP contribution in [-0.4, -0.2) is 11.4 Å². The molecule has 0 aromatic rings. The van der Waals surface area contributed by atoms with Crippen LogP contribution in [0.1, 0.15) is 26.7 Å². The van der Waals surface area contributed by atoms with Gasteiger partial charge in [0.2, 0.25) is 0 Å². The van der Waals surface area contributed by atoms with E-state index in [0.717, 1.165) is 31.0 Å². The molecule has 3 atom stereocenters. The first-order valence-electron chi connectivity index (χ1n) is 4.47. The van der Waals surface area contributed by atoms with Gasteiger partial charge in [-0.2, -0.15) is 0 Å². The van der Waals surface area contributed by atoms with Crippen LogP contribution in [0.15, 0.2) is 11.8 Å². The first kappa shape index (κ1) is 9.30. The minimum Gasteiger partial charge on any atom is -0.516 e. The minimum absolute atomic E-state index is 0.119. The van der Waals surface area contributed by atoms with E-state index < -0.39 is 0 Å². The van der Waals surface area contributed by atoms with E-state index in [-0.39, 0.29) is 11.8 Å². The zero-order chi connectivity index (χ0) is 9.14. The van der Waals surface area contributed by atoms with Crippen molar-refractivity contribution in [2.75, 3.05) is 0 Å². The molecule has 68 valence electrons. The first-order valence-corrected chi connectivity index (χ1v) is 4.47. The number of rotatable bonds is 2. The van der Waals surface area contributed by atoms with E-state index in [4.69, 9.17) is 5.11 Å². The van der Waals surface area contributed by atoms with Crippen LogP contribution in [0, 0.1) is 17.8 Å². The van der Waals surface area contributed by atoms with Gasteiger partial charge in [0.1, 0.15) is 6.29 Å². The smallest absolute Gasteiger partial charge is 0.123 e. The molecule has 0 saturated heterocycles. The van der Waals surface area contributed by atoms with Gasteiger partial charge in [-0.15, -0.1) is 0 Å². The van der Waals surface area contributed by atoms with Gasteiger partial charge in [0.25, 0.3) is 0 Å². The lowest BCUT2D eigenvalue weighted by molar-refractivity contribution is -0.112. The van der Waals surface area contributed by atoms with Crippen molar-refractivity contribution in [3.8, 4) is 0 Å². The third kappa shape index (κ3) is 1.52. The zero-order valence-corrected chi connectivity index (χ0v) is 7.66. The number of allylic oxidation sites excluding steroid dienone is 1. The third-order valence-corrected chi connectivity index (χ3v) is 3.00. The van der Waals surface area contributed by atoms with E-state index >= 15 is 0 Å². The number of aliphatic hydroxyl groups excluding tert-OH is 1. The highest BCUT2D eigenvalue weighted by molar-refractivity contribution is 5.56. The molecule has 1 aliphatic rings. The van der Waals surface area contributed by atoms with Crippen LogP contribution in [0.4, 0.5) is 0 Å². The number of carbonyl (C=O) groups is 1. The van der Waals surface area contributed by atoms with E-state index in [1.54, 1.807) is 0 Å². The van der Waals surface area contributed by atoms with Gasteiger partial charge in [-0.1, -0.05) is 6.92 Å². The van der Waals surface area contributed by atoms with Crippen LogP contribution >= 0.6 is 0 Å². The molecule has 0 aliphatic heterocycles. The van der Waals surface area contributed by atoms with E-state index in [2.05, 4.69) is 6.92 Å². The van der Waals surface area contributed by atoms with Crippen LogP contribution in [0.5, 0.6) is 0 Å². The van der Waals surface area contributed by atoms with Gasteiger partial charge in [0, 0.05) is 5.92 Å².